The summed E-state index contributed by atoms with van der Waals surface area (Å²) < 4.78 is 14.6. The minimum Gasteiger partial charge on any atom is -0.279 e. The highest BCUT2D eigenvalue weighted by Crippen LogP contribution is 2.31. The third-order valence-electron chi connectivity index (χ3n) is 1.68. The normalized spacial score (nSPS) is 33.5. The largest absolute Gasteiger partial charge is 0.279 e. The molecule has 0 N–H and O–H groups in total. The summed E-state index contributed by atoms with van der Waals surface area (Å²) in [6, 6.07) is 0. The zero-order valence-corrected chi connectivity index (χ0v) is 8.03. The zero-order chi connectivity index (χ0) is 9.84. The zero-order valence-electron chi connectivity index (χ0n) is 9.21. The van der Waals surface area contributed by atoms with E-state index in [0.717, 1.165) is 12.1 Å². The number of hydrogen-bond acceptors (Lipinski definition) is 2. The average Bonchev–Trinajstić information content (AvgIpc) is 2.45. The Morgan fingerprint density at radius 2 is 2.55 bits per heavy atom. The standard InChI is InChI=1S/C9H17NS/c1-6(2)5-9-10-7(3)8(4)11-9/h6,8-9H,5H2,1-4H3/i3D,4D. The van der Waals surface area contributed by atoms with Crippen LogP contribution in [0.1, 0.15) is 36.8 Å². The summed E-state index contributed by atoms with van der Waals surface area (Å²) in [6.45, 7) is 5.01. The predicted molar refractivity (Wildman–Crippen MR) is 53.4 cm³/mol. The van der Waals surface area contributed by atoms with Crippen LogP contribution in [0.4, 0.5) is 0 Å². The second-order valence-corrected chi connectivity index (χ2v) is 4.71. The molecule has 0 bridgehead atoms. The fourth-order valence-electron chi connectivity index (χ4n) is 1.08. The topological polar surface area (TPSA) is 12.4 Å². The molecule has 0 aromatic heterocycles. The van der Waals surface area contributed by atoms with Crippen LogP contribution >= 0.6 is 11.8 Å². The first kappa shape index (κ1) is 6.53. The number of aliphatic imine (C=N–C) groups is 1. The van der Waals surface area contributed by atoms with Gasteiger partial charge >= 0.3 is 0 Å². The summed E-state index contributed by atoms with van der Waals surface area (Å²) >= 11 is 1.76. The van der Waals surface area contributed by atoms with E-state index in [9.17, 15) is 0 Å². The van der Waals surface area contributed by atoms with Crippen molar-refractivity contribution in [1.82, 2.24) is 0 Å². The van der Waals surface area contributed by atoms with Gasteiger partial charge in [0.1, 0.15) is 0 Å². The van der Waals surface area contributed by atoms with Gasteiger partial charge in [0, 0.05) is 13.7 Å². The fraction of sp³-hybridized carbons (Fsp3) is 0.889. The molecule has 11 heavy (non-hydrogen) atoms. The van der Waals surface area contributed by atoms with E-state index in [4.69, 9.17) is 2.74 Å². The van der Waals surface area contributed by atoms with Crippen molar-refractivity contribution in [1.29, 1.82) is 0 Å². The minimum atomic E-state index is 0.196. The van der Waals surface area contributed by atoms with Crippen LogP contribution in [0.15, 0.2) is 4.99 Å². The molecule has 0 saturated heterocycles. The number of hydrogen-bond donors (Lipinski definition) is 0. The highest BCUT2D eigenvalue weighted by atomic mass is 32.2. The Labute approximate surface area is 76.5 Å². The van der Waals surface area contributed by atoms with Crippen molar-refractivity contribution in [2.24, 2.45) is 10.9 Å². The minimum absolute atomic E-state index is 0.196. The van der Waals surface area contributed by atoms with Crippen molar-refractivity contribution in [3.05, 3.63) is 0 Å². The van der Waals surface area contributed by atoms with Gasteiger partial charge in [-0.1, -0.05) is 13.8 Å². The fourth-order valence-corrected chi connectivity index (χ4v) is 2.37. The molecule has 2 heteroatoms. The molecule has 2 unspecified atom stereocenters. The van der Waals surface area contributed by atoms with Crippen LogP contribution in [0.2, 0.25) is 0 Å². The Morgan fingerprint density at radius 1 is 1.73 bits per heavy atom. The highest BCUT2D eigenvalue weighted by molar-refractivity contribution is 8.01. The van der Waals surface area contributed by atoms with Crippen LogP contribution in [0.3, 0.4) is 0 Å². The summed E-state index contributed by atoms with van der Waals surface area (Å²) in [4.78, 5) is 4.47. The second kappa shape index (κ2) is 3.61. The number of thioether (sulfide) groups is 1. The van der Waals surface area contributed by atoms with Gasteiger partial charge in [-0.15, -0.1) is 11.8 Å². The van der Waals surface area contributed by atoms with Crippen LogP contribution in [0, 0.1) is 5.92 Å². The van der Waals surface area contributed by atoms with Gasteiger partial charge in [0.05, 0.1) is 5.37 Å². The summed E-state index contributed by atoms with van der Waals surface area (Å²) in [5.74, 6) is 0.651. The van der Waals surface area contributed by atoms with Crippen molar-refractivity contribution in [2.75, 3.05) is 0 Å². The molecule has 0 aromatic rings. The van der Waals surface area contributed by atoms with Crippen LogP contribution in [-0.4, -0.2) is 16.3 Å². The highest BCUT2D eigenvalue weighted by Gasteiger charge is 2.22. The third kappa shape index (κ3) is 2.51. The monoisotopic (exact) mass is 173 g/mol. The third-order valence-corrected chi connectivity index (χ3v) is 2.89. The SMILES string of the molecule is [2H]CC1=NC(CC(C)C)SC1C[2H]. The van der Waals surface area contributed by atoms with E-state index < -0.39 is 0 Å². The molecule has 0 radical (unpaired) electrons. The lowest BCUT2D eigenvalue weighted by molar-refractivity contribution is 0.579. The van der Waals surface area contributed by atoms with Crippen molar-refractivity contribution < 1.29 is 2.74 Å². The van der Waals surface area contributed by atoms with Gasteiger partial charge in [-0.25, -0.2) is 0 Å². The molecule has 0 saturated carbocycles. The Hall–Kier alpha value is 0.0200. The summed E-state index contributed by atoms with van der Waals surface area (Å²) in [6.07, 6.45) is 1.07. The molecule has 1 heterocycles. The molecule has 0 fully saturated rings. The molecule has 1 aliphatic rings. The summed E-state index contributed by atoms with van der Waals surface area (Å²) in [7, 11) is 0. The molecule has 2 atom stereocenters. The molecule has 1 aliphatic heterocycles. The van der Waals surface area contributed by atoms with Crippen molar-refractivity contribution >= 4 is 17.5 Å². The average molecular weight is 173 g/mol. The molecule has 1 rings (SSSR count). The molecular formula is C9H17NS. The van der Waals surface area contributed by atoms with Gasteiger partial charge in [0.25, 0.3) is 0 Å². The predicted octanol–water partition coefficient (Wildman–Crippen LogP) is 2.95. The van der Waals surface area contributed by atoms with Gasteiger partial charge in [0.15, 0.2) is 0 Å². The molecule has 0 spiro atoms. The Balaban J connectivity index is 2.50. The van der Waals surface area contributed by atoms with E-state index in [1.807, 2.05) is 0 Å². The van der Waals surface area contributed by atoms with E-state index in [1.165, 1.54) is 0 Å². The van der Waals surface area contributed by atoms with E-state index in [-0.39, 0.29) is 12.1 Å². The lowest BCUT2D eigenvalue weighted by Gasteiger charge is -2.09. The van der Waals surface area contributed by atoms with Gasteiger partial charge in [0.2, 0.25) is 0 Å². The van der Waals surface area contributed by atoms with Gasteiger partial charge in [-0.2, -0.15) is 0 Å². The van der Waals surface area contributed by atoms with Gasteiger partial charge in [-0.3, -0.25) is 4.99 Å². The van der Waals surface area contributed by atoms with E-state index >= 15 is 0 Å². The molecule has 0 amide bonds. The smallest absolute Gasteiger partial charge is 0.0959 e. The van der Waals surface area contributed by atoms with Crippen molar-refractivity contribution in [2.45, 2.75) is 44.7 Å². The molecule has 64 valence electrons. The molecule has 0 aliphatic carbocycles. The first-order valence-electron chi connectivity index (χ1n) is 5.39. The Kier molecular flexibility index (Phi) is 2.14. The van der Waals surface area contributed by atoms with Crippen LogP contribution in [0.25, 0.3) is 0 Å². The van der Waals surface area contributed by atoms with Crippen LogP contribution < -0.4 is 0 Å². The van der Waals surface area contributed by atoms with Crippen LogP contribution in [-0.2, 0) is 0 Å². The lowest BCUT2D eigenvalue weighted by atomic mass is 10.1. The summed E-state index contributed by atoms with van der Waals surface area (Å²) in [5.41, 5.74) is 0.922. The maximum atomic E-state index is 7.32. The van der Waals surface area contributed by atoms with Gasteiger partial charge in [-0.05, 0) is 26.1 Å². The Morgan fingerprint density at radius 3 is 3.00 bits per heavy atom. The second-order valence-electron chi connectivity index (χ2n) is 3.33. The Bertz CT molecular complexity index is 194. The molecule has 1 nitrogen and oxygen atoms in total. The van der Waals surface area contributed by atoms with Crippen molar-refractivity contribution in [3.8, 4) is 0 Å². The molecule has 0 aromatic carbocycles. The van der Waals surface area contributed by atoms with Gasteiger partial charge < -0.3 is 0 Å². The van der Waals surface area contributed by atoms with E-state index in [1.54, 1.807) is 11.8 Å². The first-order valence-corrected chi connectivity index (χ1v) is 4.92. The van der Waals surface area contributed by atoms with E-state index in [2.05, 4.69) is 18.8 Å². The van der Waals surface area contributed by atoms with Crippen LogP contribution in [0.5, 0.6) is 0 Å². The molecular weight excluding hydrogens is 154 g/mol. The quantitative estimate of drug-likeness (QED) is 0.625. The maximum absolute atomic E-state index is 7.32. The number of nitrogens with zero attached hydrogens (tertiary/aromatic N) is 1. The summed E-state index contributed by atoms with van der Waals surface area (Å²) in [5, 5.41) is 0.511. The van der Waals surface area contributed by atoms with Crippen molar-refractivity contribution in [3.63, 3.8) is 0 Å². The lowest BCUT2D eigenvalue weighted by Crippen LogP contribution is -2.03. The van der Waals surface area contributed by atoms with E-state index in [0.29, 0.717) is 18.2 Å². The maximum Gasteiger partial charge on any atom is 0.0959 e. The number of rotatable bonds is 2. The first-order chi connectivity index (χ1) is 6.17.